The van der Waals surface area contributed by atoms with E-state index in [0.717, 1.165) is 34.1 Å². The third-order valence-electron chi connectivity index (χ3n) is 3.04. The highest BCUT2D eigenvalue weighted by atomic mass is 32.2. The second-order valence-electron chi connectivity index (χ2n) is 4.50. The molecule has 0 unspecified atom stereocenters. The van der Waals surface area contributed by atoms with Crippen LogP contribution in [0.25, 0.3) is 0 Å². The Kier molecular flexibility index (Phi) is 3.97. The maximum Gasteiger partial charge on any atom is 0.162 e. The fourth-order valence-electron chi connectivity index (χ4n) is 1.97. The molecule has 0 bridgehead atoms. The van der Waals surface area contributed by atoms with Crippen LogP contribution in [-0.2, 0) is 5.75 Å². The van der Waals surface area contributed by atoms with Gasteiger partial charge < -0.3 is 15.2 Å². The average molecular weight is 288 g/mol. The van der Waals surface area contributed by atoms with Crippen molar-refractivity contribution in [1.82, 2.24) is 4.98 Å². The molecule has 0 saturated heterocycles. The number of thioether (sulfide) groups is 1. The molecule has 2 heterocycles. The Morgan fingerprint density at radius 3 is 2.85 bits per heavy atom. The van der Waals surface area contributed by atoms with Crippen LogP contribution >= 0.6 is 11.8 Å². The molecule has 20 heavy (non-hydrogen) atoms. The minimum atomic E-state index is 0.592. The molecule has 1 aromatic carbocycles. The fourth-order valence-corrected chi connectivity index (χ4v) is 2.89. The number of fused-ring (bicyclic) bond motifs is 1. The summed E-state index contributed by atoms with van der Waals surface area (Å²) < 4.78 is 11.3. The number of nitrogens with zero attached hydrogens (tertiary/aromatic N) is 1. The van der Waals surface area contributed by atoms with Gasteiger partial charge in [0.15, 0.2) is 11.5 Å². The van der Waals surface area contributed by atoms with Gasteiger partial charge >= 0.3 is 0 Å². The van der Waals surface area contributed by atoms with Crippen LogP contribution in [-0.4, -0.2) is 18.2 Å². The van der Waals surface area contributed by atoms with Crippen molar-refractivity contribution in [3.63, 3.8) is 0 Å². The first-order chi connectivity index (χ1) is 9.83. The summed E-state index contributed by atoms with van der Waals surface area (Å²) in [5.41, 5.74) is 6.89. The predicted molar refractivity (Wildman–Crippen MR) is 80.3 cm³/mol. The highest BCUT2D eigenvalue weighted by Crippen LogP contribution is 2.35. The van der Waals surface area contributed by atoms with Crippen molar-refractivity contribution >= 4 is 17.6 Å². The van der Waals surface area contributed by atoms with E-state index in [0.29, 0.717) is 19.0 Å². The first-order valence-corrected chi connectivity index (χ1v) is 7.53. The summed E-state index contributed by atoms with van der Waals surface area (Å²) in [4.78, 5) is 5.23. The highest BCUT2D eigenvalue weighted by Gasteiger charge is 2.11. The molecule has 104 valence electrons. The van der Waals surface area contributed by atoms with E-state index in [1.807, 2.05) is 30.3 Å². The summed E-state index contributed by atoms with van der Waals surface area (Å²) in [5.74, 6) is 3.04. The smallest absolute Gasteiger partial charge is 0.162 e. The van der Waals surface area contributed by atoms with Crippen LogP contribution in [0.5, 0.6) is 11.5 Å². The molecule has 1 aliphatic rings. The minimum Gasteiger partial charge on any atom is -0.490 e. The van der Waals surface area contributed by atoms with Crippen LogP contribution in [0.1, 0.15) is 12.0 Å². The lowest BCUT2D eigenvalue weighted by Crippen LogP contribution is -1.97. The van der Waals surface area contributed by atoms with Gasteiger partial charge in [0.1, 0.15) is 5.82 Å². The minimum absolute atomic E-state index is 0.592. The Balaban J connectivity index is 1.72. The largest absolute Gasteiger partial charge is 0.490 e. The van der Waals surface area contributed by atoms with Crippen molar-refractivity contribution in [3.05, 3.63) is 42.1 Å². The second-order valence-corrected chi connectivity index (χ2v) is 5.54. The number of nitrogens with two attached hydrogens (primary N) is 1. The molecule has 0 radical (unpaired) electrons. The standard InChI is InChI=1S/C15H16N2O2S/c16-15-11(3-1-6-17-15)10-20-12-4-5-13-14(9-12)19-8-2-7-18-13/h1,3-6,9H,2,7-8,10H2,(H2,16,17). The summed E-state index contributed by atoms with van der Waals surface area (Å²) in [5, 5.41) is 0. The molecule has 0 fully saturated rings. The van der Waals surface area contributed by atoms with E-state index in [2.05, 4.69) is 4.98 Å². The van der Waals surface area contributed by atoms with Gasteiger partial charge in [-0.3, -0.25) is 0 Å². The molecule has 2 aromatic rings. The van der Waals surface area contributed by atoms with Crippen LogP contribution in [0, 0.1) is 0 Å². The van der Waals surface area contributed by atoms with Crippen LogP contribution in [0.15, 0.2) is 41.4 Å². The Labute approximate surface area is 122 Å². The first-order valence-electron chi connectivity index (χ1n) is 6.55. The second kappa shape index (κ2) is 6.05. The topological polar surface area (TPSA) is 57.4 Å². The average Bonchev–Trinajstić information content (AvgIpc) is 2.71. The number of nitrogen functional groups attached to an aromatic ring is 1. The SMILES string of the molecule is Nc1ncccc1CSc1ccc2c(c1)OCCCO2. The van der Waals surface area contributed by atoms with Crippen LogP contribution in [0.4, 0.5) is 5.82 Å². The first kappa shape index (κ1) is 13.1. The molecule has 1 aromatic heterocycles. The molecule has 0 saturated carbocycles. The molecular weight excluding hydrogens is 272 g/mol. The summed E-state index contributed by atoms with van der Waals surface area (Å²) >= 11 is 1.71. The molecule has 0 amide bonds. The molecule has 1 aliphatic heterocycles. The molecule has 2 N–H and O–H groups in total. The van der Waals surface area contributed by atoms with Crippen molar-refractivity contribution in [2.24, 2.45) is 0 Å². The molecule has 5 heteroatoms. The predicted octanol–water partition coefficient (Wildman–Crippen LogP) is 3.12. The van der Waals surface area contributed by atoms with E-state index < -0.39 is 0 Å². The number of rotatable bonds is 3. The van der Waals surface area contributed by atoms with Crippen molar-refractivity contribution < 1.29 is 9.47 Å². The maximum absolute atomic E-state index is 5.85. The van der Waals surface area contributed by atoms with Crippen LogP contribution in [0.3, 0.4) is 0 Å². The summed E-state index contributed by atoms with van der Waals surface area (Å²) in [6.07, 6.45) is 2.63. The quantitative estimate of drug-likeness (QED) is 0.879. The number of pyridine rings is 1. The van der Waals surface area contributed by atoms with Gasteiger partial charge in [0.05, 0.1) is 13.2 Å². The van der Waals surface area contributed by atoms with Gasteiger partial charge in [-0.2, -0.15) is 0 Å². The van der Waals surface area contributed by atoms with Gasteiger partial charge in [0.25, 0.3) is 0 Å². The Morgan fingerprint density at radius 2 is 2.00 bits per heavy atom. The van der Waals surface area contributed by atoms with Crippen molar-refractivity contribution in [1.29, 1.82) is 0 Å². The van der Waals surface area contributed by atoms with Gasteiger partial charge in [-0.25, -0.2) is 4.98 Å². The van der Waals surface area contributed by atoms with Crippen LogP contribution in [0.2, 0.25) is 0 Å². The Bertz CT molecular complexity index is 604. The highest BCUT2D eigenvalue weighted by molar-refractivity contribution is 7.98. The summed E-state index contributed by atoms with van der Waals surface area (Å²) in [6.45, 7) is 1.42. The third-order valence-corrected chi connectivity index (χ3v) is 4.08. The summed E-state index contributed by atoms with van der Waals surface area (Å²) in [7, 11) is 0. The van der Waals surface area contributed by atoms with E-state index in [-0.39, 0.29) is 0 Å². The molecule has 0 spiro atoms. The summed E-state index contributed by atoms with van der Waals surface area (Å²) in [6, 6.07) is 9.94. The van der Waals surface area contributed by atoms with E-state index in [9.17, 15) is 0 Å². The number of benzene rings is 1. The maximum atomic E-state index is 5.85. The third kappa shape index (κ3) is 2.99. The van der Waals surface area contributed by atoms with Gasteiger partial charge in [-0.15, -0.1) is 11.8 Å². The zero-order valence-electron chi connectivity index (χ0n) is 11.0. The zero-order valence-corrected chi connectivity index (χ0v) is 11.9. The number of hydrogen-bond donors (Lipinski definition) is 1. The fraction of sp³-hybridized carbons (Fsp3) is 0.267. The van der Waals surface area contributed by atoms with Gasteiger partial charge in [-0.1, -0.05) is 6.07 Å². The van der Waals surface area contributed by atoms with Crippen LogP contribution < -0.4 is 15.2 Å². The Morgan fingerprint density at radius 1 is 1.15 bits per heavy atom. The number of hydrogen-bond acceptors (Lipinski definition) is 5. The van der Waals surface area contributed by atoms with E-state index in [1.165, 1.54) is 0 Å². The molecule has 0 atom stereocenters. The van der Waals surface area contributed by atoms with Gasteiger partial charge in [-0.05, 0) is 24.3 Å². The molecule has 4 nitrogen and oxygen atoms in total. The van der Waals surface area contributed by atoms with Gasteiger partial charge in [0, 0.05) is 28.8 Å². The molecular formula is C15H16N2O2S. The van der Waals surface area contributed by atoms with E-state index >= 15 is 0 Å². The van der Waals surface area contributed by atoms with E-state index in [4.69, 9.17) is 15.2 Å². The molecule has 3 rings (SSSR count). The monoisotopic (exact) mass is 288 g/mol. The number of ether oxygens (including phenoxy) is 2. The lowest BCUT2D eigenvalue weighted by atomic mass is 10.3. The number of aromatic nitrogens is 1. The van der Waals surface area contributed by atoms with E-state index in [1.54, 1.807) is 18.0 Å². The van der Waals surface area contributed by atoms with Gasteiger partial charge in [0.2, 0.25) is 0 Å². The lowest BCUT2D eigenvalue weighted by molar-refractivity contribution is 0.297. The normalized spacial score (nSPS) is 13.8. The molecule has 0 aliphatic carbocycles. The van der Waals surface area contributed by atoms with Crippen molar-refractivity contribution in [3.8, 4) is 11.5 Å². The Hall–Kier alpha value is -1.88. The van der Waals surface area contributed by atoms with Crippen molar-refractivity contribution in [2.75, 3.05) is 18.9 Å². The van der Waals surface area contributed by atoms with Crippen molar-refractivity contribution in [2.45, 2.75) is 17.1 Å². The number of anilines is 1. The lowest BCUT2D eigenvalue weighted by Gasteiger charge is -2.09. The zero-order chi connectivity index (χ0) is 13.8.